The number of carbonyl (C=O) groups excluding carboxylic acids is 1. The lowest BCUT2D eigenvalue weighted by Crippen LogP contribution is -2.15. The Bertz CT molecular complexity index is 388. The van der Waals surface area contributed by atoms with E-state index in [-0.39, 0.29) is 5.91 Å². The molecule has 0 aliphatic heterocycles. The quantitative estimate of drug-likeness (QED) is 0.765. The molecule has 1 rings (SSSR count). The van der Waals surface area contributed by atoms with Crippen molar-refractivity contribution in [1.29, 1.82) is 0 Å². The summed E-state index contributed by atoms with van der Waals surface area (Å²) < 4.78 is 6.74. The van der Waals surface area contributed by atoms with Gasteiger partial charge in [-0.05, 0) is 34.1 Å². The molecule has 0 aromatic heterocycles. The maximum absolute atomic E-state index is 11.6. The average Bonchev–Trinajstić information content (AvgIpc) is 2.28. The second-order valence-corrected chi connectivity index (χ2v) is 6.09. The van der Waals surface area contributed by atoms with E-state index in [0.29, 0.717) is 12.4 Å². The smallest absolute Gasteiger partial charge is 0.234 e. The third kappa shape index (κ3) is 5.90. The van der Waals surface area contributed by atoms with Crippen molar-refractivity contribution in [2.75, 3.05) is 30.5 Å². The Morgan fingerprint density at radius 2 is 2.24 bits per heavy atom. The van der Waals surface area contributed by atoms with Gasteiger partial charge in [-0.3, -0.25) is 4.79 Å². The number of hydrogen-bond donors (Lipinski definition) is 1. The van der Waals surface area contributed by atoms with Gasteiger partial charge in [0.2, 0.25) is 5.91 Å². The summed E-state index contributed by atoms with van der Waals surface area (Å²) in [6, 6.07) is 5.64. The number of methoxy groups -OCH3 is 1. The molecule has 0 heterocycles. The fourth-order valence-corrected chi connectivity index (χ4v) is 2.92. The monoisotopic (exact) mass is 381 g/mol. The van der Waals surface area contributed by atoms with E-state index in [4.69, 9.17) is 4.74 Å². The molecule has 1 N–H and O–H groups in total. The highest BCUT2D eigenvalue weighted by atomic mass is 79.9. The summed E-state index contributed by atoms with van der Waals surface area (Å²) in [4.78, 5) is 11.6. The van der Waals surface area contributed by atoms with Gasteiger partial charge in [0.25, 0.3) is 0 Å². The first-order valence-corrected chi connectivity index (χ1v) is 7.69. The average molecular weight is 383 g/mol. The SMILES string of the molecule is COCCSCC(=O)Nc1ccc(Br)cc1Br. The predicted octanol–water partition coefficient (Wildman–Crippen LogP) is 3.53. The summed E-state index contributed by atoms with van der Waals surface area (Å²) in [7, 11) is 1.65. The number of hydrogen-bond acceptors (Lipinski definition) is 3. The van der Waals surface area contributed by atoms with E-state index < -0.39 is 0 Å². The van der Waals surface area contributed by atoms with Gasteiger partial charge in [-0.15, -0.1) is 11.8 Å². The number of carbonyl (C=O) groups is 1. The summed E-state index contributed by atoms with van der Waals surface area (Å²) in [5.41, 5.74) is 0.783. The molecule has 1 amide bonds. The number of halogens is 2. The molecule has 0 atom stereocenters. The summed E-state index contributed by atoms with van der Waals surface area (Å²) in [5.74, 6) is 1.26. The molecule has 0 fully saturated rings. The minimum Gasteiger partial charge on any atom is -0.384 e. The molecule has 17 heavy (non-hydrogen) atoms. The van der Waals surface area contributed by atoms with E-state index in [2.05, 4.69) is 37.2 Å². The van der Waals surface area contributed by atoms with Crippen molar-refractivity contribution in [3.63, 3.8) is 0 Å². The van der Waals surface area contributed by atoms with Crippen LogP contribution in [0.1, 0.15) is 0 Å². The molecular formula is C11H13Br2NO2S. The highest BCUT2D eigenvalue weighted by Crippen LogP contribution is 2.26. The lowest BCUT2D eigenvalue weighted by Gasteiger charge is -2.07. The van der Waals surface area contributed by atoms with E-state index in [1.165, 1.54) is 0 Å². The van der Waals surface area contributed by atoms with Gasteiger partial charge in [0.05, 0.1) is 18.0 Å². The third-order valence-corrected chi connectivity index (χ3v) is 3.94. The normalized spacial score (nSPS) is 10.3. The van der Waals surface area contributed by atoms with Crippen LogP contribution in [-0.2, 0) is 9.53 Å². The van der Waals surface area contributed by atoms with Gasteiger partial charge in [0, 0.05) is 21.8 Å². The molecule has 0 saturated carbocycles. The summed E-state index contributed by atoms with van der Waals surface area (Å²) in [6.07, 6.45) is 0. The zero-order chi connectivity index (χ0) is 12.7. The number of nitrogens with one attached hydrogen (secondary N) is 1. The van der Waals surface area contributed by atoms with Crippen LogP contribution in [0.3, 0.4) is 0 Å². The minimum absolute atomic E-state index is 0.00544. The molecule has 3 nitrogen and oxygen atoms in total. The molecule has 0 aliphatic carbocycles. The van der Waals surface area contributed by atoms with Crippen LogP contribution in [-0.4, -0.2) is 31.1 Å². The van der Waals surface area contributed by atoms with E-state index in [1.807, 2.05) is 18.2 Å². The van der Waals surface area contributed by atoms with E-state index >= 15 is 0 Å². The van der Waals surface area contributed by atoms with Crippen LogP contribution in [0.25, 0.3) is 0 Å². The Labute approximate surface area is 122 Å². The van der Waals surface area contributed by atoms with Gasteiger partial charge in [-0.1, -0.05) is 15.9 Å². The first kappa shape index (κ1) is 15.0. The van der Waals surface area contributed by atoms with Gasteiger partial charge in [-0.25, -0.2) is 0 Å². The third-order valence-electron chi connectivity index (χ3n) is 1.87. The number of rotatable bonds is 6. The summed E-state index contributed by atoms with van der Waals surface area (Å²) >= 11 is 8.31. The minimum atomic E-state index is -0.00544. The molecule has 94 valence electrons. The van der Waals surface area contributed by atoms with Crippen molar-refractivity contribution < 1.29 is 9.53 Å². The first-order valence-electron chi connectivity index (χ1n) is 4.95. The topological polar surface area (TPSA) is 38.3 Å². The van der Waals surface area contributed by atoms with Crippen molar-refractivity contribution in [3.8, 4) is 0 Å². The van der Waals surface area contributed by atoms with Gasteiger partial charge in [0.15, 0.2) is 0 Å². The second kappa shape index (κ2) is 8.13. The Hall–Kier alpha value is -0.0400. The number of thioether (sulfide) groups is 1. The largest absolute Gasteiger partial charge is 0.384 e. The van der Waals surface area contributed by atoms with Gasteiger partial charge >= 0.3 is 0 Å². The van der Waals surface area contributed by atoms with Crippen molar-refractivity contribution in [2.45, 2.75) is 0 Å². The van der Waals surface area contributed by atoms with Crippen LogP contribution in [0.4, 0.5) is 5.69 Å². The van der Waals surface area contributed by atoms with Crippen LogP contribution in [0.15, 0.2) is 27.1 Å². The standard InChI is InChI=1S/C11H13Br2NO2S/c1-16-4-5-17-7-11(15)14-10-3-2-8(12)6-9(10)13/h2-3,6H,4-5,7H2,1H3,(H,14,15). The van der Waals surface area contributed by atoms with Crippen molar-refractivity contribution in [1.82, 2.24) is 0 Å². The lowest BCUT2D eigenvalue weighted by atomic mass is 10.3. The molecule has 6 heteroatoms. The first-order chi connectivity index (χ1) is 8.13. The molecule has 0 aliphatic rings. The molecule has 0 spiro atoms. The molecule has 0 saturated heterocycles. The van der Waals surface area contributed by atoms with E-state index in [9.17, 15) is 4.79 Å². The molecule has 0 unspecified atom stereocenters. The molecule has 1 aromatic carbocycles. The van der Waals surface area contributed by atoms with E-state index in [0.717, 1.165) is 20.4 Å². The molecule has 0 radical (unpaired) electrons. The van der Waals surface area contributed by atoms with Crippen LogP contribution >= 0.6 is 43.6 Å². The summed E-state index contributed by atoms with van der Waals surface area (Å²) in [5, 5.41) is 2.85. The second-order valence-electron chi connectivity index (χ2n) is 3.22. The Morgan fingerprint density at radius 1 is 1.47 bits per heavy atom. The van der Waals surface area contributed by atoms with Gasteiger partial charge < -0.3 is 10.1 Å². The lowest BCUT2D eigenvalue weighted by molar-refractivity contribution is -0.113. The fourth-order valence-electron chi connectivity index (χ4n) is 1.08. The van der Waals surface area contributed by atoms with Gasteiger partial charge in [-0.2, -0.15) is 0 Å². The number of ether oxygens (including phenoxy) is 1. The number of anilines is 1. The zero-order valence-electron chi connectivity index (χ0n) is 9.33. The molecule has 0 bridgehead atoms. The Balaban J connectivity index is 2.40. The van der Waals surface area contributed by atoms with Crippen LogP contribution in [0.5, 0.6) is 0 Å². The van der Waals surface area contributed by atoms with Crippen molar-refractivity contribution in [2.24, 2.45) is 0 Å². The Morgan fingerprint density at radius 3 is 2.88 bits per heavy atom. The molecule has 1 aromatic rings. The number of benzene rings is 1. The fraction of sp³-hybridized carbons (Fsp3) is 0.364. The summed E-state index contributed by atoms with van der Waals surface area (Å²) in [6.45, 7) is 0.667. The van der Waals surface area contributed by atoms with Gasteiger partial charge in [0.1, 0.15) is 0 Å². The highest BCUT2D eigenvalue weighted by molar-refractivity contribution is 9.11. The van der Waals surface area contributed by atoms with Crippen LogP contribution in [0, 0.1) is 0 Å². The van der Waals surface area contributed by atoms with E-state index in [1.54, 1.807) is 18.9 Å². The van der Waals surface area contributed by atoms with Crippen LogP contribution in [0.2, 0.25) is 0 Å². The zero-order valence-corrected chi connectivity index (χ0v) is 13.3. The maximum atomic E-state index is 11.6. The number of amides is 1. The van der Waals surface area contributed by atoms with Crippen LogP contribution < -0.4 is 5.32 Å². The highest BCUT2D eigenvalue weighted by Gasteiger charge is 2.05. The Kier molecular flexibility index (Phi) is 7.18. The van der Waals surface area contributed by atoms with Crippen molar-refractivity contribution >= 4 is 55.2 Å². The van der Waals surface area contributed by atoms with Crippen molar-refractivity contribution in [3.05, 3.63) is 27.1 Å². The predicted molar refractivity (Wildman–Crippen MR) is 79.7 cm³/mol. The maximum Gasteiger partial charge on any atom is 0.234 e. The molecular weight excluding hydrogens is 370 g/mol.